The molecule has 1 aromatic heterocycles. The highest BCUT2D eigenvalue weighted by Crippen LogP contribution is 2.41. The maximum absolute atomic E-state index is 6.36. The van der Waals surface area contributed by atoms with Crippen LogP contribution in [0.25, 0.3) is 76.9 Å². The molecule has 10 rings (SSSR count). The van der Waals surface area contributed by atoms with Gasteiger partial charge in [0.25, 0.3) is 0 Å². The predicted octanol–water partition coefficient (Wildman–Crippen LogP) is 14.4. The van der Waals surface area contributed by atoms with Crippen molar-refractivity contribution in [2.75, 3.05) is 4.90 Å². The molecule has 9 aromatic carbocycles. The van der Waals surface area contributed by atoms with Crippen LogP contribution in [0, 0.1) is 0 Å². The second-order valence-electron chi connectivity index (χ2n) is 13.4. The van der Waals surface area contributed by atoms with E-state index in [1.165, 1.54) is 54.9 Å². The van der Waals surface area contributed by atoms with Crippen LogP contribution in [0.4, 0.5) is 17.1 Å². The van der Waals surface area contributed by atoms with Gasteiger partial charge in [0.15, 0.2) is 0 Å². The zero-order chi connectivity index (χ0) is 34.4. The van der Waals surface area contributed by atoms with E-state index in [1.54, 1.807) is 0 Å². The van der Waals surface area contributed by atoms with Gasteiger partial charge in [0.05, 0.1) is 0 Å². The van der Waals surface area contributed by atoms with Crippen LogP contribution in [0.3, 0.4) is 0 Å². The van der Waals surface area contributed by atoms with Crippen molar-refractivity contribution < 1.29 is 4.42 Å². The van der Waals surface area contributed by atoms with E-state index in [2.05, 4.69) is 193 Å². The van der Waals surface area contributed by atoms with E-state index in [9.17, 15) is 0 Å². The van der Waals surface area contributed by atoms with Crippen molar-refractivity contribution >= 4 is 60.5 Å². The van der Waals surface area contributed by atoms with Gasteiger partial charge in [0, 0.05) is 33.9 Å². The number of nitrogens with zero attached hydrogens (tertiary/aromatic N) is 1. The standard InChI is InChI=1S/C50H33NO/c1-3-10-34(11-4-1)37-14-9-15-44(31-37)51(46-26-27-48-47-16-7-8-17-49(47)52-50(48)33-46)45-25-24-41-28-39(22-23-42(41)32-45)40-21-19-36-18-20-38(29-43(36)30-40)35-12-5-2-6-13-35/h1-33H. The van der Waals surface area contributed by atoms with E-state index in [-0.39, 0.29) is 0 Å². The molecule has 0 fully saturated rings. The normalized spacial score (nSPS) is 11.5. The predicted molar refractivity (Wildman–Crippen MR) is 220 cm³/mol. The molecule has 2 heteroatoms. The molecular formula is C50H33NO. The quantitative estimate of drug-likeness (QED) is 0.176. The first-order valence-corrected chi connectivity index (χ1v) is 17.7. The highest BCUT2D eigenvalue weighted by Gasteiger charge is 2.17. The molecule has 0 saturated carbocycles. The van der Waals surface area contributed by atoms with Crippen LogP contribution in [0.1, 0.15) is 0 Å². The van der Waals surface area contributed by atoms with Crippen molar-refractivity contribution in [3.8, 4) is 33.4 Å². The first-order chi connectivity index (χ1) is 25.7. The molecule has 1 heterocycles. The molecule has 10 aromatic rings. The van der Waals surface area contributed by atoms with Gasteiger partial charge in [-0.15, -0.1) is 0 Å². The minimum absolute atomic E-state index is 0.875. The molecule has 0 radical (unpaired) electrons. The van der Waals surface area contributed by atoms with Gasteiger partial charge < -0.3 is 9.32 Å². The Morgan fingerprint density at radius 3 is 1.52 bits per heavy atom. The maximum atomic E-state index is 6.36. The van der Waals surface area contributed by atoms with Gasteiger partial charge in [-0.25, -0.2) is 0 Å². The Hall–Kier alpha value is -6.90. The third-order valence-electron chi connectivity index (χ3n) is 10.2. The van der Waals surface area contributed by atoms with Crippen LogP contribution in [-0.4, -0.2) is 0 Å². The third-order valence-corrected chi connectivity index (χ3v) is 10.2. The summed E-state index contributed by atoms with van der Waals surface area (Å²) in [6, 6.07) is 71.8. The van der Waals surface area contributed by atoms with E-state index in [0.29, 0.717) is 0 Å². The largest absolute Gasteiger partial charge is 0.456 e. The second-order valence-corrected chi connectivity index (χ2v) is 13.4. The average Bonchev–Trinajstić information content (AvgIpc) is 3.59. The minimum Gasteiger partial charge on any atom is -0.456 e. The Balaban J connectivity index is 1.06. The summed E-state index contributed by atoms with van der Waals surface area (Å²) in [6.07, 6.45) is 0. The zero-order valence-electron chi connectivity index (χ0n) is 28.4. The summed E-state index contributed by atoms with van der Waals surface area (Å²) in [5.41, 5.74) is 12.2. The zero-order valence-corrected chi connectivity index (χ0v) is 28.4. The number of hydrogen-bond acceptors (Lipinski definition) is 2. The number of para-hydroxylation sites is 1. The Morgan fingerprint density at radius 2 is 0.769 bits per heavy atom. The lowest BCUT2D eigenvalue weighted by Crippen LogP contribution is -2.10. The van der Waals surface area contributed by atoms with Crippen LogP contribution in [0.2, 0.25) is 0 Å². The number of hydrogen-bond donors (Lipinski definition) is 0. The van der Waals surface area contributed by atoms with Gasteiger partial charge in [-0.05, 0) is 116 Å². The number of benzene rings is 9. The summed E-state index contributed by atoms with van der Waals surface area (Å²) in [7, 11) is 0. The SMILES string of the molecule is c1ccc(-c2cccc(N(c3ccc4cc(-c5ccc6ccc(-c7ccccc7)cc6c5)ccc4c3)c3ccc4c(c3)oc3ccccc34)c2)cc1. The third kappa shape index (κ3) is 5.39. The Kier molecular flexibility index (Phi) is 7.18. The molecule has 2 nitrogen and oxygen atoms in total. The Morgan fingerprint density at radius 1 is 0.269 bits per heavy atom. The maximum Gasteiger partial charge on any atom is 0.137 e. The fraction of sp³-hybridized carbons (Fsp3) is 0. The van der Waals surface area contributed by atoms with E-state index < -0.39 is 0 Å². The first-order valence-electron chi connectivity index (χ1n) is 17.7. The van der Waals surface area contributed by atoms with Crippen molar-refractivity contribution in [1.82, 2.24) is 0 Å². The fourth-order valence-corrected chi connectivity index (χ4v) is 7.54. The van der Waals surface area contributed by atoms with Gasteiger partial charge in [-0.2, -0.15) is 0 Å². The van der Waals surface area contributed by atoms with Gasteiger partial charge in [0.2, 0.25) is 0 Å². The van der Waals surface area contributed by atoms with E-state index >= 15 is 0 Å². The highest BCUT2D eigenvalue weighted by atomic mass is 16.3. The molecule has 0 bridgehead atoms. The molecule has 244 valence electrons. The van der Waals surface area contributed by atoms with Crippen molar-refractivity contribution in [3.05, 3.63) is 200 Å². The summed E-state index contributed by atoms with van der Waals surface area (Å²) >= 11 is 0. The molecule has 0 amide bonds. The van der Waals surface area contributed by atoms with Crippen LogP contribution in [-0.2, 0) is 0 Å². The smallest absolute Gasteiger partial charge is 0.137 e. The molecule has 0 atom stereocenters. The van der Waals surface area contributed by atoms with Crippen molar-refractivity contribution in [2.45, 2.75) is 0 Å². The van der Waals surface area contributed by atoms with E-state index in [0.717, 1.165) is 39.0 Å². The van der Waals surface area contributed by atoms with Gasteiger partial charge in [0.1, 0.15) is 11.2 Å². The van der Waals surface area contributed by atoms with Gasteiger partial charge in [-0.1, -0.05) is 133 Å². The number of furan rings is 1. The summed E-state index contributed by atoms with van der Waals surface area (Å²) in [5.74, 6) is 0. The molecule has 52 heavy (non-hydrogen) atoms. The topological polar surface area (TPSA) is 16.4 Å². The fourth-order valence-electron chi connectivity index (χ4n) is 7.54. The molecule has 0 aliphatic heterocycles. The highest BCUT2D eigenvalue weighted by molar-refractivity contribution is 6.06. The van der Waals surface area contributed by atoms with Crippen LogP contribution < -0.4 is 4.90 Å². The lowest BCUT2D eigenvalue weighted by molar-refractivity contribution is 0.669. The van der Waals surface area contributed by atoms with E-state index in [4.69, 9.17) is 4.42 Å². The van der Waals surface area contributed by atoms with Crippen LogP contribution in [0.15, 0.2) is 205 Å². The van der Waals surface area contributed by atoms with E-state index in [1.807, 2.05) is 12.1 Å². The molecule has 0 N–H and O–H groups in total. The second kappa shape index (κ2) is 12.5. The molecule has 0 aliphatic carbocycles. The Bertz CT molecular complexity index is 2910. The summed E-state index contributed by atoms with van der Waals surface area (Å²) in [6.45, 7) is 0. The summed E-state index contributed by atoms with van der Waals surface area (Å²) in [4.78, 5) is 2.33. The first kappa shape index (κ1) is 30.0. The Labute approximate surface area is 302 Å². The number of fused-ring (bicyclic) bond motifs is 5. The summed E-state index contributed by atoms with van der Waals surface area (Å²) < 4.78 is 6.36. The lowest BCUT2D eigenvalue weighted by Gasteiger charge is -2.26. The molecular weight excluding hydrogens is 631 g/mol. The van der Waals surface area contributed by atoms with Gasteiger partial charge in [-0.3, -0.25) is 0 Å². The van der Waals surface area contributed by atoms with Crippen molar-refractivity contribution in [1.29, 1.82) is 0 Å². The number of rotatable bonds is 6. The van der Waals surface area contributed by atoms with Crippen LogP contribution in [0.5, 0.6) is 0 Å². The molecule has 0 unspecified atom stereocenters. The lowest BCUT2D eigenvalue weighted by atomic mass is 9.96. The average molecular weight is 664 g/mol. The monoisotopic (exact) mass is 663 g/mol. The summed E-state index contributed by atoms with van der Waals surface area (Å²) in [5, 5.41) is 7.11. The number of anilines is 3. The van der Waals surface area contributed by atoms with Gasteiger partial charge >= 0.3 is 0 Å². The van der Waals surface area contributed by atoms with Crippen LogP contribution >= 0.6 is 0 Å². The molecule has 0 spiro atoms. The van der Waals surface area contributed by atoms with Crippen molar-refractivity contribution in [3.63, 3.8) is 0 Å². The minimum atomic E-state index is 0.875. The molecule has 0 saturated heterocycles. The van der Waals surface area contributed by atoms with Crippen molar-refractivity contribution in [2.24, 2.45) is 0 Å². The molecule has 0 aliphatic rings.